The molecule has 0 heterocycles. The van der Waals surface area contributed by atoms with Crippen LogP contribution in [0.25, 0.3) is 0 Å². The molecule has 1 N–H and O–H groups in total. The molecule has 5 nitrogen and oxygen atoms in total. The SMILES string of the molecule is Cc1ccc(NC(=O)COC(=O)C2C[C@H]3CCC[C@H](C2)C3=O)c(C)c1. The molecule has 1 amide bonds. The van der Waals surface area contributed by atoms with E-state index in [1.165, 1.54) is 0 Å². The van der Waals surface area contributed by atoms with E-state index < -0.39 is 0 Å². The third-order valence-electron chi connectivity index (χ3n) is 5.38. The van der Waals surface area contributed by atoms with Gasteiger partial charge >= 0.3 is 5.97 Å². The van der Waals surface area contributed by atoms with E-state index in [9.17, 15) is 14.4 Å². The summed E-state index contributed by atoms with van der Waals surface area (Å²) in [5.74, 6) is -0.597. The highest BCUT2D eigenvalue weighted by Crippen LogP contribution is 2.40. The van der Waals surface area contributed by atoms with Gasteiger partial charge < -0.3 is 10.1 Å². The molecule has 3 rings (SSSR count). The van der Waals surface area contributed by atoms with Crippen molar-refractivity contribution in [1.82, 2.24) is 0 Å². The van der Waals surface area contributed by atoms with Crippen LogP contribution >= 0.6 is 0 Å². The third-order valence-corrected chi connectivity index (χ3v) is 5.38. The van der Waals surface area contributed by atoms with Gasteiger partial charge in [-0.2, -0.15) is 0 Å². The molecule has 0 spiro atoms. The molecule has 0 radical (unpaired) electrons. The summed E-state index contributed by atoms with van der Waals surface area (Å²) in [7, 11) is 0. The summed E-state index contributed by atoms with van der Waals surface area (Å²) in [6.07, 6.45) is 3.99. The molecule has 25 heavy (non-hydrogen) atoms. The molecule has 0 aromatic heterocycles. The second-order valence-electron chi connectivity index (χ2n) is 7.37. The summed E-state index contributed by atoms with van der Waals surface area (Å²) in [6.45, 7) is 3.63. The molecule has 2 fully saturated rings. The molecule has 2 bridgehead atoms. The van der Waals surface area contributed by atoms with Crippen molar-refractivity contribution in [1.29, 1.82) is 0 Å². The van der Waals surface area contributed by atoms with Gasteiger partial charge in [-0.05, 0) is 51.2 Å². The first-order valence-corrected chi connectivity index (χ1v) is 9.01. The molecule has 134 valence electrons. The number of benzene rings is 1. The minimum atomic E-state index is -0.347. The van der Waals surface area contributed by atoms with Crippen molar-refractivity contribution in [3.05, 3.63) is 29.3 Å². The van der Waals surface area contributed by atoms with E-state index in [1.54, 1.807) is 0 Å². The molecular formula is C20H25NO4. The monoisotopic (exact) mass is 343 g/mol. The van der Waals surface area contributed by atoms with E-state index in [0.29, 0.717) is 18.6 Å². The smallest absolute Gasteiger partial charge is 0.309 e. The number of esters is 1. The summed E-state index contributed by atoms with van der Waals surface area (Å²) < 4.78 is 5.22. The Morgan fingerprint density at radius 3 is 2.48 bits per heavy atom. The van der Waals surface area contributed by atoms with Gasteiger partial charge in [-0.15, -0.1) is 0 Å². The lowest BCUT2D eigenvalue weighted by atomic mass is 9.67. The summed E-state index contributed by atoms with van der Waals surface area (Å²) in [6, 6.07) is 5.75. The number of aryl methyl sites for hydroxylation is 2. The van der Waals surface area contributed by atoms with Crippen molar-refractivity contribution in [2.45, 2.75) is 46.0 Å². The molecule has 0 saturated heterocycles. The van der Waals surface area contributed by atoms with Gasteiger partial charge in [-0.1, -0.05) is 24.1 Å². The van der Waals surface area contributed by atoms with Crippen molar-refractivity contribution in [3.8, 4) is 0 Å². The minimum absolute atomic E-state index is 0.00841. The largest absolute Gasteiger partial charge is 0.455 e. The van der Waals surface area contributed by atoms with E-state index in [0.717, 1.165) is 36.1 Å². The van der Waals surface area contributed by atoms with Crippen molar-refractivity contribution in [3.63, 3.8) is 0 Å². The van der Waals surface area contributed by atoms with Gasteiger partial charge in [0.25, 0.3) is 5.91 Å². The number of Topliss-reactive ketones (excluding diaryl/α,β-unsaturated/α-hetero) is 1. The van der Waals surface area contributed by atoms with Gasteiger partial charge in [0.05, 0.1) is 5.92 Å². The highest BCUT2D eigenvalue weighted by atomic mass is 16.5. The van der Waals surface area contributed by atoms with E-state index in [2.05, 4.69) is 5.32 Å². The number of hydrogen-bond donors (Lipinski definition) is 1. The minimum Gasteiger partial charge on any atom is -0.455 e. The van der Waals surface area contributed by atoms with Crippen LogP contribution in [0.4, 0.5) is 5.69 Å². The lowest BCUT2D eigenvalue weighted by molar-refractivity contribution is -0.155. The van der Waals surface area contributed by atoms with Crippen molar-refractivity contribution in [2.75, 3.05) is 11.9 Å². The molecule has 0 aliphatic heterocycles. The van der Waals surface area contributed by atoms with Crippen molar-refractivity contribution in [2.24, 2.45) is 17.8 Å². The first-order valence-electron chi connectivity index (χ1n) is 9.01. The predicted octanol–water partition coefficient (Wildman–Crippen LogP) is 3.18. The maximum absolute atomic E-state index is 12.3. The number of rotatable bonds is 4. The zero-order valence-electron chi connectivity index (χ0n) is 14.8. The maximum atomic E-state index is 12.3. The van der Waals surface area contributed by atoms with Crippen LogP contribution < -0.4 is 5.32 Å². The average molecular weight is 343 g/mol. The van der Waals surface area contributed by atoms with Crippen LogP contribution in [0.1, 0.15) is 43.2 Å². The van der Waals surface area contributed by atoms with Gasteiger partial charge in [0.1, 0.15) is 5.78 Å². The number of anilines is 1. The van der Waals surface area contributed by atoms with E-state index in [4.69, 9.17) is 4.74 Å². The summed E-state index contributed by atoms with van der Waals surface area (Å²) >= 11 is 0. The van der Waals surface area contributed by atoms with Gasteiger partial charge in [-0.25, -0.2) is 0 Å². The summed E-state index contributed by atoms with van der Waals surface area (Å²) in [5.41, 5.74) is 2.82. The van der Waals surface area contributed by atoms with E-state index >= 15 is 0 Å². The number of nitrogens with one attached hydrogen (secondary N) is 1. The van der Waals surface area contributed by atoms with E-state index in [1.807, 2.05) is 32.0 Å². The quantitative estimate of drug-likeness (QED) is 0.852. The van der Waals surface area contributed by atoms with Crippen molar-refractivity contribution < 1.29 is 19.1 Å². The van der Waals surface area contributed by atoms with Crippen molar-refractivity contribution >= 4 is 23.3 Å². The molecule has 1 aromatic rings. The number of ketones is 1. The summed E-state index contributed by atoms with van der Waals surface area (Å²) in [4.78, 5) is 36.4. The van der Waals surface area contributed by atoms with Crippen LogP contribution in [0, 0.1) is 31.6 Å². The average Bonchev–Trinajstić information content (AvgIpc) is 2.55. The number of hydrogen-bond acceptors (Lipinski definition) is 4. The fourth-order valence-electron chi connectivity index (χ4n) is 4.07. The second kappa shape index (κ2) is 7.38. The Morgan fingerprint density at radius 2 is 1.84 bits per heavy atom. The fraction of sp³-hybridized carbons (Fsp3) is 0.550. The number of carbonyl (C=O) groups excluding carboxylic acids is 3. The Morgan fingerprint density at radius 1 is 1.16 bits per heavy atom. The Bertz CT molecular complexity index is 681. The van der Waals surface area contributed by atoms with Gasteiger partial charge in [0.15, 0.2) is 6.61 Å². The van der Waals surface area contributed by atoms with Gasteiger partial charge in [0.2, 0.25) is 0 Å². The molecule has 2 atom stereocenters. The lowest BCUT2D eigenvalue weighted by Crippen LogP contribution is -2.40. The number of carbonyl (C=O) groups is 3. The molecule has 5 heteroatoms. The Balaban J connectivity index is 1.50. The highest BCUT2D eigenvalue weighted by Gasteiger charge is 2.41. The second-order valence-corrected chi connectivity index (χ2v) is 7.37. The molecule has 2 aliphatic carbocycles. The Hall–Kier alpha value is -2.17. The number of fused-ring (bicyclic) bond motifs is 2. The first kappa shape index (κ1) is 17.6. The molecular weight excluding hydrogens is 318 g/mol. The third kappa shape index (κ3) is 4.09. The normalized spacial score (nSPS) is 25.4. The van der Waals surface area contributed by atoms with Gasteiger partial charge in [-0.3, -0.25) is 14.4 Å². The zero-order valence-corrected chi connectivity index (χ0v) is 14.8. The Kier molecular flexibility index (Phi) is 5.21. The standard InChI is InChI=1S/C20H25NO4/c1-12-6-7-17(13(2)8-12)21-18(22)11-25-20(24)16-9-14-4-3-5-15(10-16)19(14)23/h6-8,14-16H,3-5,9-11H2,1-2H3,(H,21,22)/t14-,15-/m1/s1. The van der Waals surface area contributed by atoms with E-state index in [-0.39, 0.29) is 36.2 Å². The van der Waals surface area contributed by atoms with Gasteiger partial charge in [0, 0.05) is 17.5 Å². The highest BCUT2D eigenvalue weighted by molar-refractivity contribution is 5.94. The first-order chi connectivity index (χ1) is 11.9. The van der Waals surface area contributed by atoms with Crippen LogP contribution in [-0.4, -0.2) is 24.3 Å². The fourth-order valence-corrected chi connectivity index (χ4v) is 4.07. The maximum Gasteiger partial charge on any atom is 0.309 e. The van der Waals surface area contributed by atoms with Crippen LogP contribution in [0.3, 0.4) is 0 Å². The van der Waals surface area contributed by atoms with Crippen LogP contribution in [0.5, 0.6) is 0 Å². The summed E-state index contributed by atoms with van der Waals surface area (Å²) in [5, 5.41) is 2.77. The molecule has 0 unspecified atom stereocenters. The topological polar surface area (TPSA) is 72.5 Å². The molecule has 1 aromatic carbocycles. The van der Waals surface area contributed by atoms with Crippen LogP contribution in [0.2, 0.25) is 0 Å². The zero-order chi connectivity index (χ0) is 18.0. The number of ether oxygens (including phenoxy) is 1. The Labute approximate surface area is 148 Å². The lowest BCUT2D eigenvalue weighted by Gasteiger charge is -2.36. The van der Waals surface area contributed by atoms with Crippen LogP contribution in [-0.2, 0) is 19.1 Å². The molecule has 2 saturated carbocycles. The number of amides is 1. The predicted molar refractivity (Wildman–Crippen MR) is 94.1 cm³/mol. The van der Waals surface area contributed by atoms with Crippen LogP contribution in [0.15, 0.2) is 18.2 Å². The molecule has 2 aliphatic rings.